The van der Waals surface area contributed by atoms with Crippen molar-refractivity contribution in [1.29, 1.82) is 0 Å². The summed E-state index contributed by atoms with van der Waals surface area (Å²) in [6.45, 7) is 3.91. The van der Waals surface area contributed by atoms with Crippen molar-refractivity contribution >= 4 is 5.97 Å². The van der Waals surface area contributed by atoms with Crippen molar-refractivity contribution in [2.24, 2.45) is 0 Å². The third kappa shape index (κ3) is 4.01. The summed E-state index contributed by atoms with van der Waals surface area (Å²) >= 11 is 0. The molecule has 0 aliphatic rings. The minimum absolute atomic E-state index is 0.0440. The molecule has 116 valence electrons. The Morgan fingerprint density at radius 2 is 1.82 bits per heavy atom. The third-order valence-corrected chi connectivity index (χ3v) is 3.18. The number of ether oxygens (including phenoxy) is 2. The molecule has 0 radical (unpaired) electrons. The number of phenols is 1. The fraction of sp³-hybridized carbons (Fsp3) is 0.278. The average molecular weight is 300 g/mol. The van der Waals surface area contributed by atoms with Crippen LogP contribution in [0.25, 0.3) is 0 Å². The molecule has 2 aromatic carbocycles. The van der Waals surface area contributed by atoms with Gasteiger partial charge in [0.1, 0.15) is 11.5 Å². The molecule has 0 amide bonds. The van der Waals surface area contributed by atoms with Crippen molar-refractivity contribution in [3.05, 3.63) is 59.2 Å². The summed E-state index contributed by atoms with van der Waals surface area (Å²) in [6.07, 6.45) is 0.648. The Morgan fingerprint density at radius 1 is 1.14 bits per heavy atom. The second-order valence-corrected chi connectivity index (χ2v) is 5.32. The fourth-order valence-electron chi connectivity index (χ4n) is 2.17. The van der Waals surface area contributed by atoms with Gasteiger partial charge in [-0.15, -0.1) is 0 Å². The van der Waals surface area contributed by atoms with Crippen LogP contribution in [0, 0.1) is 0 Å². The van der Waals surface area contributed by atoms with Crippen LogP contribution in [-0.4, -0.2) is 24.3 Å². The SMILES string of the molecule is COC(=O)c1ccc(OC(C)C)c(Cc2ccc(O)cc2)c1. The maximum atomic E-state index is 11.7. The molecule has 22 heavy (non-hydrogen) atoms. The van der Waals surface area contributed by atoms with Gasteiger partial charge in [-0.1, -0.05) is 12.1 Å². The fourth-order valence-corrected chi connectivity index (χ4v) is 2.17. The van der Waals surface area contributed by atoms with Gasteiger partial charge < -0.3 is 14.6 Å². The van der Waals surface area contributed by atoms with Gasteiger partial charge in [0.25, 0.3) is 0 Å². The lowest BCUT2D eigenvalue weighted by atomic mass is 10.0. The van der Waals surface area contributed by atoms with Crippen LogP contribution in [-0.2, 0) is 11.2 Å². The number of aromatic hydroxyl groups is 1. The summed E-state index contributed by atoms with van der Waals surface area (Å²) in [7, 11) is 1.36. The number of hydrogen-bond acceptors (Lipinski definition) is 4. The van der Waals surface area contributed by atoms with E-state index in [0.717, 1.165) is 16.9 Å². The van der Waals surface area contributed by atoms with Gasteiger partial charge in [0.2, 0.25) is 0 Å². The van der Waals surface area contributed by atoms with E-state index in [4.69, 9.17) is 9.47 Å². The zero-order valence-electron chi connectivity index (χ0n) is 13.0. The number of esters is 1. The lowest BCUT2D eigenvalue weighted by Crippen LogP contribution is -2.09. The Morgan fingerprint density at radius 3 is 2.41 bits per heavy atom. The molecule has 4 nitrogen and oxygen atoms in total. The number of carbonyl (C=O) groups is 1. The van der Waals surface area contributed by atoms with Gasteiger partial charge in [0.05, 0.1) is 18.8 Å². The van der Waals surface area contributed by atoms with Gasteiger partial charge in [-0.25, -0.2) is 4.79 Å². The molecule has 2 rings (SSSR count). The van der Waals surface area contributed by atoms with Gasteiger partial charge in [0.15, 0.2) is 0 Å². The van der Waals surface area contributed by atoms with Crippen molar-refractivity contribution in [3.63, 3.8) is 0 Å². The highest BCUT2D eigenvalue weighted by atomic mass is 16.5. The lowest BCUT2D eigenvalue weighted by molar-refractivity contribution is 0.0600. The van der Waals surface area contributed by atoms with Crippen LogP contribution in [0.5, 0.6) is 11.5 Å². The average Bonchev–Trinajstić information content (AvgIpc) is 2.50. The van der Waals surface area contributed by atoms with E-state index in [0.29, 0.717) is 12.0 Å². The van der Waals surface area contributed by atoms with E-state index < -0.39 is 0 Å². The summed E-state index contributed by atoms with van der Waals surface area (Å²) < 4.78 is 10.6. The Balaban J connectivity index is 2.35. The number of phenolic OH excluding ortho intramolecular Hbond substituents is 1. The molecule has 0 aliphatic heterocycles. The molecule has 0 atom stereocenters. The number of carbonyl (C=O) groups excluding carboxylic acids is 1. The molecule has 0 fully saturated rings. The molecule has 4 heteroatoms. The molecule has 0 heterocycles. The summed E-state index contributed by atoms with van der Waals surface area (Å²) in [6, 6.07) is 12.3. The molecule has 0 bridgehead atoms. The summed E-state index contributed by atoms with van der Waals surface area (Å²) in [5, 5.41) is 9.36. The van der Waals surface area contributed by atoms with Gasteiger partial charge in [0, 0.05) is 6.42 Å². The maximum absolute atomic E-state index is 11.7. The van der Waals surface area contributed by atoms with Crippen molar-refractivity contribution in [2.45, 2.75) is 26.4 Å². The van der Waals surface area contributed by atoms with E-state index >= 15 is 0 Å². The molecule has 0 aliphatic carbocycles. The topological polar surface area (TPSA) is 55.8 Å². The molecular formula is C18H20O4. The highest BCUT2D eigenvalue weighted by molar-refractivity contribution is 5.89. The molecule has 0 unspecified atom stereocenters. The van der Waals surface area contributed by atoms with E-state index in [1.807, 2.05) is 26.0 Å². The molecule has 1 N–H and O–H groups in total. The van der Waals surface area contributed by atoms with Crippen molar-refractivity contribution in [2.75, 3.05) is 7.11 Å². The number of hydrogen-bond donors (Lipinski definition) is 1. The molecule has 0 saturated carbocycles. The number of rotatable bonds is 5. The smallest absolute Gasteiger partial charge is 0.337 e. The van der Waals surface area contributed by atoms with Crippen LogP contribution in [0.4, 0.5) is 0 Å². The largest absolute Gasteiger partial charge is 0.508 e. The predicted octanol–water partition coefficient (Wildman–Crippen LogP) is 3.56. The summed E-state index contributed by atoms with van der Waals surface area (Å²) in [4.78, 5) is 11.7. The van der Waals surface area contributed by atoms with E-state index in [1.165, 1.54) is 7.11 Å². The van der Waals surface area contributed by atoms with Crippen molar-refractivity contribution in [3.8, 4) is 11.5 Å². The molecule has 0 aromatic heterocycles. The highest BCUT2D eigenvalue weighted by Crippen LogP contribution is 2.25. The zero-order valence-corrected chi connectivity index (χ0v) is 13.0. The lowest BCUT2D eigenvalue weighted by Gasteiger charge is -2.15. The van der Waals surface area contributed by atoms with Crippen LogP contribution < -0.4 is 4.74 Å². The van der Waals surface area contributed by atoms with Crippen LogP contribution in [0.1, 0.15) is 35.3 Å². The Bertz CT molecular complexity index is 645. The monoisotopic (exact) mass is 300 g/mol. The minimum atomic E-state index is -0.372. The molecule has 2 aromatic rings. The second-order valence-electron chi connectivity index (χ2n) is 5.32. The Labute approximate surface area is 130 Å². The van der Waals surface area contributed by atoms with Crippen LogP contribution in [0.3, 0.4) is 0 Å². The van der Waals surface area contributed by atoms with Crippen LogP contribution in [0.15, 0.2) is 42.5 Å². The van der Waals surface area contributed by atoms with E-state index in [-0.39, 0.29) is 17.8 Å². The summed E-state index contributed by atoms with van der Waals surface area (Å²) in [5.74, 6) is 0.601. The van der Waals surface area contributed by atoms with E-state index in [9.17, 15) is 9.90 Å². The van der Waals surface area contributed by atoms with Crippen molar-refractivity contribution in [1.82, 2.24) is 0 Å². The van der Waals surface area contributed by atoms with E-state index in [2.05, 4.69) is 0 Å². The third-order valence-electron chi connectivity index (χ3n) is 3.18. The van der Waals surface area contributed by atoms with E-state index in [1.54, 1.807) is 30.3 Å². The Kier molecular flexibility index (Phi) is 5.04. The summed E-state index contributed by atoms with van der Waals surface area (Å²) in [5.41, 5.74) is 2.42. The first-order valence-electron chi connectivity index (χ1n) is 7.15. The van der Waals surface area contributed by atoms with Crippen LogP contribution in [0.2, 0.25) is 0 Å². The van der Waals surface area contributed by atoms with Gasteiger partial charge in [-0.2, -0.15) is 0 Å². The number of methoxy groups -OCH3 is 1. The first kappa shape index (κ1) is 15.9. The first-order valence-corrected chi connectivity index (χ1v) is 7.15. The predicted molar refractivity (Wildman–Crippen MR) is 84.5 cm³/mol. The number of benzene rings is 2. The zero-order chi connectivity index (χ0) is 16.1. The van der Waals surface area contributed by atoms with Gasteiger partial charge in [-0.3, -0.25) is 0 Å². The minimum Gasteiger partial charge on any atom is -0.508 e. The van der Waals surface area contributed by atoms with Gasteiger partial charge in [-0.05, 0) is 55.3 Å². The second kappa shape index (κ2) is 6.98. The highest BCUT2D eigenvalue weighted by Gasteiger charge is 2.12. The molecular weight excluding hydrogens is 280 g/mol. The Hall–Kier alpha value is -2.49. The maximum Gasteiger partial charge on any atom is 0.337 e. The quantitative estimate of drug-likeness (QED) is 0.858. The molecule has 0 saturated heterocycles. The normalized spacial score (nSPS) is 10.5. The van der Waals surface area contributed by atoms with Crippen LogP contribution >= 0.6 is 0 Å². The van der Waals surface area contributed by atoms with Gasteiger partial charge >= 0.3 is 5.97 Å². The first-order chi connectivity index (χ1) is 10.5. The molecule has 0 spiro atoms. The van der Waals surface area contributed by atoms with Crippen molar-refractivity contribution < 1.29 is 19.4 Å². The standard InChI is InChI=1S/C18H20O4/c1-12(2)22-17-9-6-14(18(20)21-3)11-15(17)10-13-4-7-16(19)8-5-13/h4-9,11-12,19H,10H2,1-3H3.